The van der Waals surface area contributed by atoms with E-state index in [9.17, 15) is 4.79 Å². The molecule has 0 aliphatic carbocycles. The van der Waals surface area contributed by atoms with Crippen molar-refractivity contribution in [3.8, 4) is 11.5 Å². The first-order valence-electron chi connectivity index (χ1n) is 5.95. The van der Waals surface area contributed by atoms with Gasteiger partial charge in [-0.05, 0) is 52.7 Å². The molecule has 0 aliphatic rings. The number of carboxylic acids is 1. The summed E-state index contributed by atoms with van der Waals surface area (Å²) in [7, 11) is 0. The van der Waals surface area contributed by atoms with Crippen LogP contribution in [0.3, 0.4) is 0 Å². The summed E-state index contributed by atoms with van der Waals surface area (Å²) in [6, 6.07) is 10.5. The van der Waals surface area contributed by atoms with Crippen molar-refractivity contribution in [2.24, 2.45) is 0 Å². The van der Waals surface area contributed by atoms with Crippen molar-refractivity contribution < 1.29 is 14.3 Å². The third kappa shape index (κ3) is 2.10. The van der Waals surface area contributed by atoms with Gasteiger partial charge in [0, 0.05) is 4.47 Å². The number of aromatic carboxylic acids is 1. The molecule has 3 aromatic rings. The molecule has 0 atom stereocenters. The summed E-state index contributed by atoms with van der Waals surface area (Å²) in [4.78, 5) is 15.3. The second-order valence-corrected chi connectivity index (χ2v) is 5.24. The molecule has 0 unspecified atom stereocenters. The molecule has 0 bridgehead atoms. The fraction of sp³-hybridized carbons (Fsp3) is 0.0667. The monoisotopic (exact) mass is 331 g/mol. The van der Waals surface area contributed by atoms with Crippen molar-refractivity contribution in [3.05, 3.63) is 52.0 Å². The van der Waals surface area contributed by atoms with Gasteiger partial charge in [-0.15, -0.1) is 0 Å². The smallest absolute Gasteiger partial charge is 0.335 e. The van der Waals surface area contributed by atoms with Crippen molar-refractivity contribution in [1.82, 2.24) is 4.98 Å². The summed E-state index contributed by atoms with van der Waals surface area (Å²) in [6.45, 7) is 1.98. The quantitative estimate of drug-likeness (QED) is 0.761. The van der Waals surface area contributed by atoms with Crippen LogP contribution in [0.4, 0.5) is 0 Å². The molecule has 4 nitrogen and oxygen atoms in total. The van der Waals surface area contributed by atoms with E-state index in [0.717, 1.165) is 15.6 Å². The molecule has 0 fully saturated rings. The number of aromatic nitrogens is 1. The lowest BCUT2D eigenvalue weighted by Gasteiger charge is -2.02. The van der Waals surface area contributed by atoms with Crippen molar-refractivity contribution in [3.63, 3.8) is 0 Å². The Morgan fingerprint density at radius 1 is 1.30 bits per heavy atom. The molecular weight excluding hydrogens is 322 g/mol. The van der Waals surface area contributed by atoms with Crippen molar-refractivity contribution in [2.75, 3.05) is 0 Å². The highest BCUT2D eigenvalue weighted by atomic mass is 79.9. The number of carboxylic acid groups (broad SMARTS) is 1. The fourth-order valence-corrected chi connectivity index (χ4v) is 2.42. The Morgan fingerprint density at radius 2 is 2.10 bits per heavy atom. The van der Waals surface area contributed by atoms with Crippen molar-refractivity contribution in [1.29, 1.82) is 0 Å². The molecular formula is C15H10BrNO3. The minimum Gasteiger partial charge on any atom is -0.478 e. The third-order valence-electron chi connectivity index (χ3n) is 3.06. The largest absolute Gasteiger partial charge is 0.478 e. The van der Waals surface area contributed by atoms with Gasteiger partial charge in [-0.25, -0.2) is 9.78 Å². The van der Waals surface area contributed by atoms with Gasteiger partial charge in [0.1, 0.15) is 5.52 Å². The van der Waals surface area contributed by atoms with Gasteiger partial charge < -0.3 is 9.52 Å². The second kappa shape index (κ2) is 4.76. The molecule has 5 heteroatoms. The first-order chi connectivity index (χ1) is 9.56. The van der Waals surface area contributed by atoms with Crippen LogP contribution in [-0.2, 0) is 0 Å². The molecule has 0 saturated carbocycles. The fourth-order valence-electron chi connectivity index (χ4n) is 1.99. The van der Waals surface area contributed by atoms with Crippen LogP contribution in [0, 0.1) is 6.92 Å². The minimum atomic E-state index is -0.985. The standard InChI is InChI=1S/C15H10BrNO3/c1-8-3-2-4-10(13(8)16)14-17-11-6-5-9(15(18)19)7-12(11)20-14/h2-7H,1H3,(H,18,19). The average molecular weight is 332 g/mol. The number of rotatable bonds is 2. The maximum Gasteiger partial charge on any atom is 0.335 e. The molecule has 0 spiro atoms. The van der Waals surface area contributed by atoms with E-state index in [4.69, 9.17) is 9.52 Å². The zero-order chi connectivity index (χ0) is 14.3. The Balaban J connectivity index is 2.18. The summed E-state index contributed by atoms with van der Waals surface area (Å²) in [5.74, 6) is -0.514. The first kappa shape index (κ1) is 12.9. The number of nitrogens with zero attached hydrogens (tertiary/aromatic N) is 1. The highest BCUT2D eigenvalue weighted by Gasteiger charge is 2.13. The van der Waals surface area contributed by atoms with E-state index in [0.29, 0.717) is 17.0 Å². The highest BCUT2D eigenvalue weighted by Crippen LogP contribution is 2.32. The SMILES string of the molecule is Cc1cccc(-c2nc3ccc(C(=O)O)cc3o2)c1Br. The topological polar surface area (TPSA) is 63.3 Å². The number of hydrogen-bond acceptors (Lipinski definition) is 3. The summed E-state index contributed by atoms with van der Waals surface area (Å²) >= 11 is 3.52. The van der Waals surface area contributed by atoms with Gasteiger partial charge in [-0.3, -0.25) is 0 Å². The van der Waals surface area contributed by atoms with Crippen molar-refractivity contribution in [2.45, 2.75) is 6.92 Å². The lowest BCUT2D eigenvalue weighted by atomic mass is 10.1. The number of carbonyl (C=O) groups is 1. The van der Waals surface area contributed by atoms with Crippen LogP contribution in [0.15, 0.2) is 45.3 Å². The summed E-state index contributed by atoms with van der Waals surface area (Å²) < 4.78 is 6.60. The zero-order valence-electron chi connectivity index (χ0n) is 10.6. The third-order valence-corrected chi connectivity index (χ3v) is 4.11. The summed E-state index contributed by atoms with van der Waals surface area (Å²) in [5, 5.41) is 8.98. The van der Waals surface area contributed by atoms with Gasteiger partial charge in [0.2, 0.25) is 5.89 Å². The molecule has 20 heavy (non-hydrogen) atoms. The Kier molecular flexibility index (Phi) is 3.06. The Morgan fingerprint density at radius 3 is 2.85 bits per heavy atom. The normalized spacial score (nSPS) is 10.9. The number of fused-ring (bicyclic) bond motifs is 1. The van der Waals surface area contributed by atoms with Gasteiger partial charge in [-0.1, -0.05) is 12.1 Å². The predicted molar refractivity (Wildman–Crippen MR) is 78.8 cm³/mol. The lowest BCUT2D eigenvalue weighted by molar-refractivity contribution is 0.0697. The van der Waals surface area contributed by atoms with Gasteiger partial charge >= 0.3 is 5.97 Å². The van der Waals surface area contributed by atoms with Crippen LogP contribution in [0.5, 0.6) is 0 Å². The zero-order valence-corrected chi connectivity index (χ0v) is 12.1. The number of hydrogen-bond donors (Lipinski definition) is 1. The molecule has 100 valence electrons. The lowest BCUT2D eigenvalue weighted by Crippen LogP contribution is -1.94. The molecule has 3 rings (SSSR count). The van der Waals surface area contributed by atoms with E-state index < -0.39 is 5.97 Å². The number of aryl methyl sites for hydroxylation is 1. The Hall–Kier alpha value is -2.14. The van der Waals surface area contributed by atoms with E-state index in [-0.39, 0.29) is 5.56 Å². The van der Waals surface area contributed by atoms with E-state index in [1.165, 1.54) is 12.1 Å². The molecule has 0 radical (unpaired) electrons. The maximum absolute atomic E-state index is 11.0. The van der Waals surface area contributed by atoms with Crippen LogP contribution in [0.1, 0.15) is 15.9 Å². The van der Waals surface area contributed by atoms with Crippen LogP contribution in [-0.4, -0.2) is 16.1 Å². The first-order valence-corrected chi connectivity index (χ1v) is 6.75. The van der Waals surface area contributed by atoms with Gasteiger partial charge in [0.05, 0.1) is 11.1 Å². The predicted octanol–water partition coefficient (Wildman–Crippen LogP) is 4.26. The molecule has 1 aromatic heterocycles. The Bertz CT molecular complexity index is 823. The van der Waals surface area contributed by atoms with Gasteiger partial charge in [0.25, 0.3) is 0 Å². The van der Waals surface area contributed by atoms with Crippen molar-refractivity contribution >= 4 is 33.0 Å². The highest BCUT2D eigenvalue weighted by molar-refractivity contribution is 9.10. The number of oxazole rings is 1. The van der Waals surface area contributed by atoms with Crippen LogP contribution in [0.2, 0.25) is 0 Å². The van der Waals surface area contributed by atoms with Crippen LogP contribution >= 0.6 is 15.9 Å². The van der Waals surface area contributed by atoms with Crippen LogP contribution < -0.4 is 0 Å². The molecule has 2 aromatic carbocycles. The number of halogens is 1. The molecule has 0 amide bonds. The molecule has 1 heterocycles. The van der Waals surface area contributed by atoms with Gasteiger partial charge in [-0.2, -0.15) is 0 Å². The van der Waals surface area contributed by atoms with E-state index >= 15 is 0 Å². The van der Waals surface area contributed by atoms with Crippen LogP contribution in [0.25, 0.3) is 22.6 Å². The maximum atomic E-state index is 11.0. The minimum absolute atomic E-state index is 0.184. The van der Waals surface area contributed by atoms with E-state index in [2.05, 4.69) is 20.9 Å². The second-order valence-electron chi connectivity index (χ2n) is 4.44. The average Bonchev–Trinajstić information content (AvgIpc) is 2.84. The van der Waals surface area contributed by atoms with Gasteiger partial charge in [0.15, 0.2) is 5.58 Å². The Labute approximate surface area is 123 Å². The number of benzene rings is 2. The summed E-state index contributed by atoms with van der Waals surface area (Å²) in [5.41, 5.74) is 3.21. The van der Waals surface area contributed by atoms with E-state index in [1.807, 2.05) is 25.1 Å². The van der Waals surface area contributed by atoms with E-state index in [1.54, 1.807) is 6.07 Å². The molecule has 0 saturated heterocycles. The molecule has 0 aliphatic heterocycles. The summed E-state index contributed by atoms with van der Waals surface area (Å²) in [6.07, 6.45) is 0. The molecule has 1 N–H and O–H groups in total.